The third-order valence-corrected chi connectivity index (χ3v) is 3.97. The van der Waals surface area contributed by atoms with E-state index in [1.165, 1.54) is 12.3 Å². The van der Waals surface area contributed by atoms with Gasteiger partial charge in [-0.1, -0.05) is 25.1 Å². The van der Waals surface area contributed by atoms with Crippen LogP contribution in [0.15, 0.2) is 57.9 Å². The second-order valence-electron chi connectivity index (χ2n) is 5.80. The highest BCUT2D eigenvalue weighted by molar-refractivity contribution is 6.05. The lowest BCUT2D eigenvalue weighted by Crippen LogP contribution is -2.23. The normalized spacial score (nSPS) is 11.9. The maximum Gasteiger partial charge on any atom is 0.349 e. The molecule has 1 aromatic carbocycles. The zero-order valence-electron chi connectivity index (χ0n) is 14.2. The summed E-state index contributed by atoms with van der Waals surface area (Å²) in [5, 5.41) is 15.6. The van der Waals surface area contributed by atoms with E-state index in [9.17, 15) is 14.7 Å². The zero-order valence-corrected chi connectivity index (χ0v) is 14.2. The molecule has 26 heavy (non-hydrogen) atoms. The number of carbonyl (C=O) groups excluding carboxylic acids is 1. The van der Waals surface area contributed by atoms with Crippen molar-refractivity contribution >= 4 is 28.4 Å². The SMILES string of the molecule is CCC(CO)Nc1ccc(NC(=O)c2cc3ccccc3oc2=O)cn1. The largest absolute Gasteiger partial charge is 0.422 e. The fourth-order valence-electron chi connectivity index (χ4n) is 2.46. The van der Waals surface area contributed by atoms with Crippen molar-refractivity contribution < 1.29 is 14.3 Å². The molecule has 0 spiro atoms. The Morgan fingerprint density at radius 3 is 2.77 bits per heavy atom. The Balaban J connectivity index is 1.76. The fraction of sp³-hybridized carbons (Fsp3) is 0.211. The molecule has 0 saturated heterocycles. The molecule has 1 atom stereocenters. The van der Waals surface area contributed by atoms with Crippen LogP contribution < -0.4 is 16.3 Å². The topological polar surface area (TPSA) is 104 Å². The molecule has 7 heteroatoms. The average Bonchev–Trinajstić information content (AvgIpc) is 2.66. The summed E-state index contributed by atoms with van der Waals surface area (Å²) >= 11 is 0. The number of para-hydroxylation sites is 1. The highest BCUT2D eigenvalue weighted by Gasteiger charge is 2.14. The molecule has 3 rings (SSSR count). The van der Waals surface area contributed by atoms with Crippen molar-refractivity contribution in [2.45, 2.75) is 19.4 Å². The highest BCUT2D eigenvalue weighted by Crippen LogP contribution is 2.15. The molecule has 134 valence electrons. The number of hydrogen-bond acceptors (Lipinski definition) is 6. The second-order valence-corrected chi connectivity index (χ2v) is 5.80. The molecule has 2 aromatic heterocycles. The van der Waals surface area contributed by atoms with Gasteiger partial charge in [-0.2, -0.15) is 0 Å². The Hall–Kier alpha value is -3.19. The molecule has 0 saturated carbocycles. The van der Waals surface area contributed by atoms with E-state index < -0.39 is 11.5 Å². The molecule has 0 aliphatic heterocycles. The number of aliphatic hydroxyl groups excluding tert-OH is 1. The van der Waals surface area contributed by atoms with Crippen LogP contribution in [0.3, 0.4) is 0 Å². The van der Waals surface area contributed by atoms with Crippen molar-refractivity contribution in [3.8, 4) is 0 Å². The van der Waals surface area contributed by atoms with E-state index in [4.69, 9.17) is 4.42 Å². The number of nitrogens with zero attached hydrogens (tertiary/aromatic N) is 1. The summed E-state index contributed by atoms with van der Waals surface area (Å²) < 4.78 is 5.17. The van der Waals surface area contributed by atoms with E-state index in [0.29, 0.717) is 22.5 Å². The number of anilines is 2. The van der Waals surface area contributed by atoms with Crippen molar-refractivity contribution in [2.75, 3.05) is 17.2 Å². The van der Waals surface area contributed by atoms with Gasteiger partial charge in [-0.15, -0.1) is 0 Å². The van der Waals surface area contributed by atoms with Crippen molar-refractivity contribution in [3.63, 3.8) is 0 Å². The summed E-state index contributed by atoms with van der Waals surface area (Å²) in [5.74, 6) is 0.0305. The summed E-state index contributed by atoms with van der Waals surface area (Å²) in [6.07, 6.45) is 2.24. The maximum atomic E-state index is 12.4. The van der Waals surface area contributed by atoms with Crippen LogP contribution in [0, 0.1) is 0 Å². The lowest BCUT2D eigenvalue weighted by atomic mass is 10.2. The number of amides is 1. The predicted molar refractivity (Wildman–Crippen MR) is 99.5 cm³/mol. The molecule has 3 N–H and O–H groups in total. The molecule has 0 aliphatic rings. The summed E-state index contributed by atoms with van der Waals surface area (Å²) in [4.78, 5) is 28.6. The van der Waals surface area contributed by atoms with Gasteiger partial charge in [0.15, 0.2) is 0 Å². The van der Waals surface area contributed by atoms with Gasteiger partial charge in [-0.25, -0.2) is 9.78 Å². The highest BCUT2D eigenvalue weighted by atomic mass is 16.4. The van der Waals surface area contributed by atoms with Gasteiger partial charge < -0.3 is 20.2 Å². The number of benzene rings is 1. The van der Waals surface area contributed by atoms with Crippen LogP contribution in [0.5, 0.6) is 0 Å². The molecule has 0 bridgehead atoms. The molecule has 0 aliphatic carbocycles. The standard InChI is InChI=1S/C19H19N3O4/c1-2-13(11-23)21-17-8-7-14(10-20-17)22-18(24)15-9-12-5-3-4-6-16(12)26-19(15)25/h3-10,13,23H,2,11H2,1H3,(H,20,21)(H,22,24). The Kier molecular flexibility index (Phi) is 5.28. The lowest BCUT2D eigenvalue weighted by molar-refractivity contribution is 0.102. The minimum atomic E-state index is -0.693. The van der Waals surface area contributed by atoms with Crippen LogP contribution in [0.25, 0.3) is 11.0 Å². The monoisotopic (exact) mass is 353 g/mol. The van der Waals surface area contributed by atoms with Crippen molar-refractivity contribution in [3.05, 3.63) is 64.6 Å². The number of fused-ring (bicyclic) bond motifs is 1. The molecule has 2 heterocycles. The van der Waals surface area contributed by atoms with Crippen LogP contribution in [0.4, 0.5) is 11.5 Å². The van der Waals surface area contributed by atoms with Gasteiger partial charge >= 0.3 is 5.63 Å². The van der Waals surface area contributed by atoms with Crippen molar-refractivity contribution in [1.82, 2.24) is 4.98 Å². The van der Waals surface area contributed by atoms with Crippen molar-refractivity contribution in [1.29, 1.82) is 0 Å². The number of carbonyl (C=O) groups is 1. The zero-order chi connectivity index (χ0) is 18.5. The maximum absolute atomic E-state index is 12.4. The summed E-state index contributed by atoms with van der Waals surface area (Å²) in [6.45, 7) is 1.96. The number of rotatable bonds is 6. The van der Waals surface area contributed by atoms with Crippen LogP contribution in [-0.2, 0) is 0 Å². The van der Waals surface area contributed by atoms with Gasteiger partial charge in [-0.05, 0) is 30.7 Å². The molecule has 1 unspecified atom stereocenters. The van der Waals surface area contributed by atoms with E-state index in [-0.39, 0.29) is 18.2 Å². The predicted octanol–water partition coefficient (Wildman–Crippen LogP) is 2.62. The van der Waals surface area contributed by atoms with Crippen LogP contribution in [0.1, 0.15) is 23.7 Å². The Morgan fingerprint density at radius 1 is 1.27 bits per heavy atom. The van der Waals surface area contributed by atoms with E-state index in [1.807, 2.05) is 6.92 Å². The number of nitrogens with one attached hydrogen (secondary N) is 2. The van der Waals surface area contributed by atoms with Crippen molar-refractivity contribution in [2.24, 2.45) is 0 Å². The minimum Gasteiger partial charge on any atom is -0.422 e. The fourth-order valence-corrected chi connectivity index (χ4v) is 2.46. The Labute approximate surface area is 149 Å². The van der Waals surface area contributed by atoms with Crippen LogP contribution >= 0.6 is 0 Å². The van der Waals surface area contributed by atoms with Gasteiger partial charge in [0.25, 0.3) is 5.91 Å². The molecular weight excluding hydrogens is 334 g/mol. The summed E-state index contributed by atoms with van der Waals surface area (Å²) in [5.41, 5.74) is 0.115. The lowest BCUT2D eigenvalue weighted by Gasteiger charge is -2.14. The van der Waals surface area contributed by atoms with Gasteiger partial charge in [-0.3, -0.25) is 4.79 Å². The van der Waals surface area contributed by atoms with E-state index >= 15 is 0 Å². The number of aliphatic hydroxyl groups is 1. The van der Waals surface area contributed by atoms with Gasteiger partial charge in [0.2, 0.25) is 0 Å². The first-order chi connectivity index (χ1) is 12.6. The summed E-state index contributed by atoms with van der Waals surface area (Å²) in [7, 11) is 0. The summed E-state index contributed by atoms with van der Waals surface area (Å²) in [6, 6.07) is 11.8. The minimum absolute atomic E-state index is 0.00834. The molecule has 3 aromatic rings. The molecule has 0 fully saturated rings. The number of pyridine rings is 1. The third-order valence-electron chi connectivity index (χ3n) is 3.97. The quantitative estimate of drug-likeness (QED) is 0.589. The average molecular weight is 353 g/mol. The van der Waals surface area contributed by atoms with E-state index in [2.05, 4.69) is 15.6 Å². The van der Waals surface area contributed by atoms with E-state index in [0.717, 1.165) is 6.42 Å². The molecule has 0 radical (unpaired) electrons. The van der Waals surface area contributed by atoms with E-state index in [1.54, 1.807) is 36.4 Å². The van der Waals surface area contributed by atoms with Crippen LogP contribution in [-0.4, -0.2) is 28.6 Å². The Bertz CT molecular complexity index is 962. The third kappa shape index (κ3) is 3.89. The first-order valence-electron chi connectivity index (χ1n) is 8.28. The van der Waals surface area contributed by atoms with Gasteiger partial charge in [0, 0.05) is 5.39 Å². The van der Waals surface area contributed by atoms with Crippen LogP contribution in [0.2, 0.25) is 0 Å². The number of aromatic nitrogens is 1. The van der Waals surface area contributed by atoms with Gasteiger partial charge in [0.1, 0.15) is 17.0 Å². The first-order valence-corrected chi connectivity index (χ1v) is 8.28. The number of hydrogen-bond donors (Lipinski definition) is 3. The second kappa shape index (κ2) is 7.79. The Morgan fingerprint density at radius 2 is 2.08 bits per heavy atom. The first kappa shape index (κ1) is 17.6. The smallest absolute Gasteiger partial charge is 0.349 e. The molecule has 7 nitrogen and oxygen atoms in total. The molecular formula is C19H19N3O4. The van der Waals surface area contributed by atoms with Gasteiger partial charge in [0.05, 0.1) is 24.5 Å². The molecule has 1 amide bonds.